The normalized spacial score (nSPS) is 18.4. The van der Waals surface area contributed by atoms with Crippen molar-refractivity contribution in [1.29, 1.82) is 0 Å². The molecule has 21 heavy (non-hydrogen) atoms. The molecule has 110 valence electrons. The van der Waals surface area contributed by atoms with E-state index in [0.717, 1.165) is 42.5 Å². The number of thiocarbonyl (C=S) groups is 1. The Bertz CT molecular complexity index is 646. The monoisotopic (exact) mass is 302 g/mol. The first-order valence-electron chi connectivity index (χ1n) is 7.07. The summed E-state index contributed by atoms with van der Waals surface area (Å²) in [5.74, 6) is 0. The average Bonchev–Trinajstić information content (AvgIpc) is 3.15. The molecule has 1 aliphatic heterocycles. The number of aromatic amines is 1. The smallest absolute Gasteiger partial charge is 0.187 e. The van der Waals surface area contributed by atoms with E-state index >= 15 is 0 Å². The molecule has 2 aromatic rings. The maximum atomic E-state index is 5.52. The number of nitrogens with zero attached hydrogens (tertiary/aromatic N) is 1. The van der Waals surface area contributed by atoms with Crippen molar-refractivity contribution in [3.05, 3.63) is 36.0 Å². The Labute approximate surface area is 128 Å². The number of hydrogen-bond acceptors (Lipinski definition) is 3. The van der Waals surface area contributed by atoms with Gasteiger partial charge in [0.15, 0.2) is 5.11 Å². The fourth-order valence-corrected chi connectivity index (χ4v) is 2.55. The van der Waals surface area contributed by atoms with Crippen LogP contribution in [0.15, 0.2) is 35.6 Å². The van der Waals surface area contributed by atoms with Gasteiger partial charge in [0.1, 0.15) is 0 Å². The number of nitrogens with one attached hydrogen (secondary N) is 3. The quantitative estimate of drug-likeness (QED) is 0.460. The van der Waals surface area contributed by atoms with Gasteiger partial charge in [0.2, 0.25) is 0 Å². The second kappa shape index (κ2) is 6.69. The number of para-hydroxylation sites is 1. The van der Waals surface area contributed by atoms with Gasteiger partial charge >= 0.3 is 0 Å². The Morgan fingerprint density at radius 2 is 2.38 bits per heavy atom. The molecule has 1 saturated heterocycles. The summed E-state index contributed by atoms with van der Waals surface area (Å²) in [6, 6.07) is 8.10. The third-order valence-corrected chi connectivity index (χ3v) is 3.74. The summed E-state index contributed by atoms with van der Waals surface area (Å²) in [5, 5.41) is 8.94. The number of ether oxygens (including phenoxy) is 1. The minimum Gasteiger partial charge on any atom is -0.376 e. The summed E-state index contributed by atoms with van der Waals surface area (Å²) in [4.78, 5) is 3.20. The van der Waals surface area contributed by atoms with Gasteiger partial charge < -0.3 is 15.0 Å². The highest BCUT2D eigenvalue weighted by Gasteiger charge is 2.14. The highest BCUT2D eigenvalue weighted by atomic mass is 32.1. The fourth-order valence-electron chi connectivity index (χ4n) is 2.41. The van der Waals surface area contributed by atoms with Crippen LogP contribution in [0, 0.1) is 0 Å². The van der Waals surface area contributed by atoms with Gasteiger partial charge in [0.25, 0.3) is 0 Å². The first-order chi connectivity index (χ1) is 10.3. The number of benzene rings is 1. The molecule has 0 unspecified atom stereocenters. The molecule has 1 aliphatic rings. The summed E-state index contributed by atoms with van der Waals surface area (Å²) < 4.78 is 5.52. The number of fused-ring (bicyclic) bond motifs is 1. The van der Waals surface area contributed by atoms with Crippen LogP contribution in [0.4, 0.5) is 0 Å². The zero-order valence-corrected chi connectivity index (χ0v) is 12.5. The Morgan fingerprint density at radius 3 is 3.24 bits per heavy atom. The van der Waals surface area contributed by atoms with E-state index in [2.05, 4.69) is 26.9 Å². The number of H-pyrrole nitrogens is 1. The lowest BCUT2D eigenvalue weighted by atomic mass is 10.2. The van der Waals surface area contributed by atoms with Gasteiger partial charge in [-0.15, -0.1) is 0 Å². The molecule has 1 aromatic heterocycles. The van der Waals surface area contributed by atoms with Gasteiger partial charge in [-0.2, -0.15) is 5.10 Å². The Morgan fingerprint density at radius 1 is 1.48 bits per heavy atom. The fraction of sp³-hybridized carbons (Fsp3) is 0.333. The maximum Gasteiger partial charge on any atom is 0.187 e. The van der Waals surface area contributed by atoms with E-state index in [0.29, 0.717) is 5.11 Å². The number of hydrogen-bond donors (Lipinski definition) is 3. The minimum absolute atomic E-state index is 0.266. The van der Waals surface area contributed by atoms with Gasteiger partial charge in [0, 0.05) is 35.8 Å². The minimum atomic E-state index is 0.266. The molecule has 3 rings (SSSR count). The van der Waals surface area contributed by atoms with E-state index in [-0.39, 0.29) is 6.10 Å². The highest BCUT2D eigenvalue weighted by Crippen LogP contribution is 2.15. The second-order valence-electron chi connectivity index (χ2n) is 5.00. The molecule has 6 heteroatoms. The van der Waals surface area contributed by atoms with Crippen LogP contribution in [0.1, 0.15) is 18.4 Å². The van der Waals surface area contributed by atoms with Crippen molar-refractivity contribution in [2.75, 3.05) is 13.2 Å². The predicted molar refractivity (Wildman–Crippen MR) is 88.6 cm³/mol. The van der Waals surface area contributed by atoms with Crippen molar-refractivity contribution >= 4 is 34.4 Å². The zero-order chi connectivity index (χ0) is 14.5. The number of aromatic nitrogens is 1. The van der Waals surface area contributed by atoms with Crippen LogP contribution in [0.3, 0.4) is 0 Å². The van der Waals surface area contributed by atoms with E-state index in [1.165, 1.54) is 0 Å². The lowest BCUT2D eigenvalue weighted by Gasteiger charge is -2.11. The van der Waals surface area contributed by atoms with Crippen LogP contribution in [0.25, 0.3) is 10.9 Å². The van der Waals surface area contributed by atoms with Gasteiger partial charge in [0.05, 0.1) is 12.3 Å². The largest absolute Gasteiger partial charge is 0.376 e. The van der Waals surface area contributed by atoms with Crippen LogP contribution in [0.2, 0.25) is 0 Å². The van der Waals surface area contributed by atoms with Crippen molar-refractivity contribution in [3.8, 4) is 0 Å². The third kappa shape index (κ3) is 3.59. The first kappa shape index (κ1) is 14.0. The topological polar surface area (TPSA) is 61.4 Å². The van der Waals surface area contributed by atoms with Crippen molar-refractivity contribution in [3.63, 3.8) is 0 Å². The van der Waals surface area contributed by atoms with Crippen LogP contribution >= 0.6 is 12.2 Å². The van der Waals surface area contributed by atoms with Crippen molar-refractivity contribution in [1.82, 2.24) is 15.7 Å². The molecule has 0 saturated carbocycles. The lowest BCUT2D eigenvalue weighted by Crippen LogP contribution is -2.37. The van der Waals surface area contributed by atoms with Gasteiger partial charge in [-0.3, -0.25) is 5.43 Å². The Kier molecular flexibility index (Phi) is 4.47. The molecule has 0 spiro atoms. The van der Waals surface area contributed by atoms with E-state index in [4.69, 9.17) is 17.0 Å². The van der Waals surface area contributed by atoms with Crippen molar-refractivity contribution in [2.45, 2.75) is 18.9 Å². The molecule has 0 amide bonds. The highest BCUT2D eigenvalue weighted by molar-refractivity contribution is 7.80. The van der Waals surface area contributed by atoms with Crippen LogP contribution in [-0.4, -0.2) is 35.6 Å². The van der Waals surface area contributed by atoms with Crippen LogP contribution in [0.5, 0.6) is 0 Å². The molecule has 2 heterocycles. The standard InChI is InChI=1S/C15H18N4OS/c21-15(17-10-12-4-3-7-20-12)19-18-9-11-8-16-14-6-2-1-5-13(11)14/h1-2,5-6,8-9,12,16H,3-4,7,10H2,(H2,17,19,21)/b18-9-/t12-/m1/s1. The van der Waals surface area contributed by atoms with E-state index in [1.807, 2.05) is 24.4 Å². The maximum absolute atomic E-state index is 5.52. The Hall–Kier alpha value is -1.92. The third-order valence-electron chi connectivity index (χ3n) is 3.51. The Balaban J connectivity index is 1.50. The van der Waals surface area contributed by atoms with E-state index < -0.39 is 0 Å². The predicted octanol–water partition coefficient (Wildman–Crippen LogP) is 2.14. The van der Waals surface area contributed by atoms with E-state index in [1.54, 1.807) is 6.21 Å². The van der Waals surface area contributed by atoms with Gasteiger partial charge in [-0.1, -0.05) is 18.2 Å². The molecule has 1 fully saturated rings. The SMILES string of the molecule is S=C(NC[C@H]1CCCO1)N/N=C\c1c[nH]c2ccccc12. The lowest BCUT2D eigenvalue weighted by molar-refractivity contribution is 0.114. The molecule has 1 aromatic carbocycles. The second-order valence-corrected chi connectivity index (χ2v) is 5.41. The summed E-state index contributed by atoms with van der Waals surface area (Å²) in [6.45, 7) is 1.58. The molecule has 5 nitrogen and oxygen atoms in total. The molecule has 0 aliphatic carbocycles. The molecule has 3 N–H and O–H groups in total. The van der Waals surface area contributed by atoms with Crippen LogP contribution < -0.4 is 10.7 Å². The molecule has 0 radical (unpaired) electrons. The average molecular weight is 302 g/mol. The zero-order valence-electron chi connectivity index (χ0n) is 11.6. The van der Waals surface area contributed by atoms with Crippen LogP contribution in [-0.2, 0) is 4.74 Å². The summed E-state index contributed by atoms with van der Waals surface area (Å²) in [7, 11) is 0. The molecular weight excluding hydrogens is 284 g/mol. The van der Waals surface area contributed by atoms with Gasteiger partial charge in [-0.05, 0) is 31.1 Å². The number of hydrazone groups is 1. The van der Waals surface area contributed by atoms with Gasteiger partial charge in [-0.25, -0.2) is 0 Å². The van der Waals surface area contributed by atoms with Crippen molar-refractivity contribution in [2.24, 2.45) is 5.10 Å². The number of rotatable bonds is 4. The molecule has 1 atom stereocenters. The van der Waals surface area contributed by atoms with Crippen molar-refractivity contribution < 1.29 is 4.74 Å². The first-order valence-corrected chi connectivity index (χ1v) is 7.48. The summed E-state index contributed by atoms with van der Waals surface area (Å²) in [6.07, 6.45) is 6.18. The molecular formula is C15H18N4OS. The molecule has 0 bridgehead atoms. The summed E-state index contributed by atoms with van der Waals surface area (Å²) in [5.41, 5.74) is 4.95. The van der Waals surface area contributed by atoms with E-state index in [9.17, 15) is 0 Å². The summed E-state index contributed by atoms with van der Waals surface area (Å²) >= 11 is 5.18.